The molecule has 0 spiro atoms. The van der Waals surface area contributed by atoms with Crippen LogP contribution in [0.1, 0.15) is 36.0 Å². The number of hydrogen-bond acceptors (Lipinski definition) is 5. The van der Waals surface area contributed by atoms with Gasteiger partial charge in [0.05, 0.1) is 25.1 Å². The third kappa shape index (κ3) is 4.32. The summed E-state index contributed by atoms with van der Waals surface area (Å²) in [6, 6.07) is 5.02. The van der Waals surface area contributed by atoms with E-state index in [9.17, 15) is 4.79 Å². The Morgan fingerprint density at radius 1 is 1.24 bits per heavy atom. The Morgan fingerprint density at radius 2 is 2.00 bits per heavy atom. The van der Waals surface area contributed by atoms with Crippen LogP contribution >= 0.6 is 23.2 Å². The molecule has 6 nitrogen and oxygen atoms in total. The van der Waals surface area contributed by atoms with E-state index in [1.54, 1.807) is 25.3 Å². The number of benzene rings is 1. The second kappa shape index (κ2) is 7.89. The van der Waals surface area contributed by atoms with Gasteiger partial charge in [-0.3, -0.25) is 4.79 Å². The van der Waals surface area contributed by atoms with E-state index in [4.69, 9.17) is 32.7 Å². The third-order valence-electron chi connectivity index (χ3n) is 3.98. The van der Waals surface area contributed by atoms with Crippen LogP contribution in [0.4, 0.5) is 5.69 Å². The van der Waals surface area contributed by atoms with Gasteiger partial charge in [-0.2, -0.15) is 0 Å². The Kier molecular flexibility index (Phi) is 5.60. The van der Waals surface area contributed by atoms with Crippen molar-refractivity contribution in [3.05, 3.63) is 40.4 Å². The number of ether oxygens (including phenoxy) is 2. The number of hydrogen-bond donors (Lipinski definition) is 1. The van der Waals surface area contributed by atoms with Crippen LogP contribution in [0.15, 0.2) is 24.4 Å². The monoisotopic (exact) mass is 381 g/mol. The Bertz CT molecular complexity index is 780. The lowest BCUT2D eigenvalue weighted by molar-refractivity contribution is 0.102. The van der Waals surface area contributed by atoms with Gasteiger partial charge >= 0.3 is 0 Å². The molecule has 8 heteroatoms. The topological polar surface area (TPSA) is 73.3 Å². The molecule has 1 heterocycles. The molecular weight excluding hydrogens is 365 g/mol. The summed E-state index contributed by atoms with van der Waals surface area (Å²) in [5.74, 6) is 0.795. The van der Waals surface area contributed by atoms with Crippen molar-refractivity contribution in [2.75, 3.05) is 12.4 Å². The largest absolute Gasteiger partial charge is 0.493 e. The smallest absolute Gasteiger partial charge is 0.255 e. The van der Waals surface area contributed by atoms with E-state index in [2.05, 4.69) is 15.3 Å². The van der Waals surface area contributed by atoms with Crippen LogP contribution in [0.25, 0.3) is 0 Å². The van der Waals surface area contributed by atoms with Crippen molar-refractivity contribution in [3.8, 4) is 11.5 Å². The Morgan fingerprint density at radius 3 is 2.68 bits per heavy atom. The van der Waals surface area contributed by atoms with Crippen LogP contribution in [-0.2, 0) is 0 Å². The zero-order valence-corrected chi connectivity index (χ0v) is 15.1. The van der Waals surface area contributed by atoms with Gasteiger partial charge in [-0.1, -0.05) is 11.6 Å². The normalized spacial score (nSPS) is 14.4. The second-order valence-electron chi connectivity index (χ2n) is 5.69. The fourth-order valence-corrected chi connectivity index (χ4v) is 3.07. The first kappa shape index (κ1) is 17.8. The molecule has 0 bridgehead atoms. The zero-order valence-electron chi connectivity index (χ0n) is 13.6. The lowest BCUT2D eigenvalue weighted by Crippen LogP contribution is -2.15. The van der Waals surface area contributed by atoms with Gasteiger partial charge in [0.2, 0.25) is 5.28 Å². The predicted octanol–water partition coefficient (Wildman–Crippen LogP) is 4.37. The highest BCUT2D eigenvalue weighted by molar-refractivity contribution is 6.34. The molecule has 1 aliphatic rings. The molecule has 0 aliphatic heterocycles. The quantitative estimate of drug-likeness (QED) is 0.614. The van der Waals surface area contributed by atoms with Crippen molar-refractivity contribution in [1.29, 1.82) is 0 Å². The number of carbonyl (C=O) groups excluding carboxylic acids is 1. The first-order chi connectivity index (χ1) is 12.1. The molecule has 0 atom stereocenters. The van der Waals surface area contributed by atoms with E-state index < -0.39 is 0 Å². The molecule has 1 saturated carbocycles. The van der Waals surface area contributed by atoms with E-state index in [0.717, 1.165) is 25.7 Å². The number of amides is 1. The lowest BCUT2D eigenvalue weighted by atomic mass is 10.1. The molecule has 1 N–H and O–H groups in total. The number of nitrogens with one attached hydrogen (secondary N) is 1. The summed E-state index contributed by atoms with van der Waals surface area (Å²) in [4.78, 5) is 20.1. The average Bonchev–Trinajstić information content (AvgIpc) is 3.10. The van der Waals surface area contributed by atoms with Crippen LogP contribution < -0.4 is 14.8 Å². The van der Waals surface area contributed by atoms with Crippen molar-refractivity contribution in [2.45, 2.75) is 31.8 Å². The van der Waals surface area contributed by atoms with Gasteiger partial charge in [0.1, 0.15) is 0 Å². The fraction of sp³-hybridized carbons (Fsp3) is 0.353. The van der Waals surface area contributed by atoms with Crippen LogP contribution in [-0.4, -0.2) is 29.1 Å². The summed E-state index contributed by atoms with van der Waals surface area (Å²) in [6.45, 7) is 0. The average molecular weight is 382 g/mol. The van der Waals surface area contributed by atoms with E-state index in [1.807, 2.05) is 0 Å². The number of halogens is 2. The van der Waals surface area contributed by atoms with Crippen molar-refractivity contribution in [3.63, 3.8) is 0 Å². The SMILES string of the molecule is COc1ccc(C(=O)Nc2cnc(Cl)nc2Cl)cc1OC1CCCC1. The summed E-state index contributed by atoms with van der Waals surface area (Å²) in [5, 5.41) is 2.75. The summed E-state index contributed by atoms with van der Waals surface area (Å²) < 4.78 is 11.3. The minimum atomic E-state index is -0.355. The maximum atomic E-state index is 12.5. The molecule has 3 rings (SSSR count). The van der Waals surface area contributed by atoms with E-state index in [1.165, 1.54) is 6.20 Å². The van der Waals surface area contributed by atoms with Crippen LogP contribution in [0.5, 0.6) is 11.5 Å². The van der Waals surface area contributed by atoms with Gasteiger partial charge in [-0.05, 0) is 55.5 Å². The highest BCUT2D eigenvalue weighted by Gasteiger charge is 2.20. The number of aromatic nitrogens is 2. The maximum absolute atomic E-state index is 12.5. The van der Waals surface area contributed by atoms with Gasteiger partial charge < -0.3 is 14.8 Å². The highest BCUT2D eigenvalue weighted by Crippen LogP contribution is 2.32. The van der Waals surface area contributed by atoms with Crippen molar-refractivity contribution in [1.82, 2.24) is 9.97 Å². The third-order valence-corrected chi connectivity index (χ3v) is 4.45. The summed E-state index contributed by atoms with van der Waals surface area (Å²) in [7, 11) is 1.57. The molecule has 25 heavy (non-hydrogen) atoms. The number of anilines is 1. The van der Waals surface area contributed by atoms with Crippen LogP contribution in [0.3, 0.4) is 0 Å². The maximum Gasteiger partial charge on any atom is 0.255 e. The van der Waals surface area contributed by atoms with E-state index >= 15 is 0 Å². The van der Waals surface area contributed by atoms with Crippen molar-refractivity contribution < 1.29 is 14.3 Å². The molecule has 1 amide bonds. The summed E-state index contributed by atoms with van der Waals surface area (Å²) >= 11 is 11.6. The van der Waals surface area contributed by atoms with E-state index in [-0.39, 0.29) is 28.1 Å². The van der Waals surface area contributed by atoms with E-state index in [0.29, 0.717) is 17.1 Å². The molecule has 1 fully saturated rings. The molecule has 2 aromatic rings. The number of methoxy groups -OCH3 is 1. The van der Waals surface area contributed by atoms with Gasteiger partial charge in [0.15, 0.2) is 16.7 Å². The first-order valence-corrected chi connectivity index (χ1v) is 8.66. The summed E-state index contributed by atoms with van der Waals surface area (Å²) in [5.41, 5.74) is 0.699. The molecule has 132 valence electrons. The van der Waals surface area contributed by atoms with Gasteiger partial charge in [-0.15, -0.1) is 0 Å². The number of rotatable bonds is 5. The first-order valence-electron chi connectivity index (χ1n) is 7.91. The molecule has 1 aromatic carbocycles. The minimum Gasteiger partial charge on any atom is -0.493 e. The summed E-state index contributed by atoms with van der Waals surface area (Å²) in [6.07, 6.45) is 5.85. The van der Waals surface area contributed by atoms with Crippen LogP contribution in [0.2, 0.25) is 10.4 Å². The van der Waals surface area contributed by atoms with Crippen molar-refractivity contribution >= 4 is 34.8 Å². The molecular formula is C17H17Cl2N3O3. The lowest BCUT2D eigenvalue weighted by Gasteiger charge is -2.16. The fourth-order valence-electron chi connectivity index (χ4n) is 2.72. The Labute approximate surface area is 155 Å². The number of nitrogens with zero attached hydrogens (tertiary/aromatic N) is 2. The predicted molar refractivity (Wildman–Crippen MR) is 95.9 cm³/mol. The van der Waals surface area contributed by atoms with Crippen LogP contribution in [0, 0.1) is 0 Å². The molecule has 1 aliphatic carbocycles. The molecule has 0 unspecified atom stereocenters. The molecule has 0 saturated heterocycles. The van der Waals surface area contributed by atoms with Gasteiger partial charge in [-0.25, -0.2) is 9.97 Å². The standard InChI is InChI=1S/C17H17Cl2N3O3/c1-24-13-7-6-10(8-14(13)25-11-4-2-3-5-11)16(23)21-12-9-20-17(19)22-15(12)18/h6-9,11H,2-5H2,1H3,(H,21,23). The highest BCUT2D eigenvalue weighted by atomic mass is 35.5. The molecule has 1 aromatic heterocycles. The minimum absolute atomic E-state index is 0.0136. The Hall–Kier alpha value is -2.05. The van der Waals surface area contributed by atoms with Gasteiger partial charge in [0, 0.05) is 5.56 Å². The van der Waals surface area contributed by atoms with Crippen molar-refractivity contribution in [2.24, 2.45) is 0 Å². The Balaban J connectivity index is 1.79. The second-order valence-corrected chi connectivity index (χ2v) is 6.38. The van der Waals surface area contributed by atoms with Gasteiger partial charge in [0.25, 0.3) is 5.91 Å². The number of carbonyl (C=O) groups is 1. The zero-order chi connectivity index (χ0) is 17.8. The molecule has 0 radical (unpaired) electrons.